The van der Waals surface area contributed by atoms with Gasteiger partial charge < -0.3 is 20.1 Å². The highest BCUT2D eigenvalue weighted by Crippen LogP contribution is 2.31. The van der Waals surface area contributed by atoms with Crippen LogP contribution < -0.4 is 21.1 Å². The molecule has 5 rings (SSSR count). The Morgan fingerprint density at radius 2 is 1.87 bits per heavy atom. The van der Waals surface area contributed by atoms with Gasteiger partial charge in [-0.25, -0.2) is 4.98 Å². The highest BCUT2D eigenvalue weighted by atomic mass is 16.1. The lowest BCUT2D eigenvalue weighted by molar-refractivity contribution is 0.518. The summed E-state index contributed by atoms with van der Waals surface area (Å²) < 4.78 is 1.91. The molecule has 2 aliphatic rings. The second-order valence-electron chi connectivity index (χ2n) is 8.20. The molecule has 2 N–H and O–H groups in total. The van der Waals surface area contributed by atoms with Gasteiger partial charge in [0, 0.05) is 44.4 Å². The lowest BCUT2D eigenvalue weighted by Gasteiger charge is -2.29. The van der Waals surface area contributed by atoms with Crippen molar-refractivity contribution in [3.05, 3.63) is 46.4 Å². The van der Waals surface area contributed by atoms with Gasteiger partial charge >= 0.3 is 0 Å². The van der Waals surface area contributed by atoms with Gasteiger partial charge in [-0.05, 0) is 37.5 Å². The fraction of sp³-hybridized carbons (Fsp3) is 0.455. The number of hydrogen-bond donors (Lipinski definition) is 2. The Labute approximate surface area is 175 Å². The Bertz CT molecular complexity index is 1100. The van der Waals surface area contributed by atoms with E-state index in [0.717, 1.165) is 61.3 Å². The van der Waals surface area contributed by atoms with Gasteiger partial charge in [0.15, 0.2) is 5.82 Å². The molecular weight excluding hydrogens is 378 g/mol. The van der Waals surface area contributed by atoms with Crippen LogP contribution in [0, 0.1) is 6.92 Å². The van der Waals surface area contributed by atoms with E-state index >= 15 is 0 Å². The van der Waals surface area contributed by atoms with Gasteiger partial charge in [0.25, 0.3) is 5.56 Å². The third kappa shape index (κ3) is 3.63. The molecule has 2 fully saturated rings. The van der Waals surface area contributed by atoms with E-state index in [1.807, 2.05) is 29.8 Å². The predicted molar refractivity (Wildman–Crippen MR) is 119 cm³/mol. The Kier molecular flexibility index (Phi) is 5.08. The number of piperazine rings is 1. The Morgan fingerprint density at radius 1 is 1.07 bits per heavy atom. The Balaban J connectivity index is 1.44. The first-order valence-corrected chi connectivity index (χ1v) is 10.8. The van der Waals surface area contributed by atoms with Crippen LogP contribution in [-0.4, -0.2) is 45.9 Å². The molecule has 1 saturated carbocycles. The lowest BCUT2D eigenvalue weighted by atomic mass is 10.1. The van der Waals surface area contributed by atoms with Crippen molar-refractivity contribution in [3.8, 4) is 0 Å². The van der Waals surface area contributed by atoms with Crippen molar-refractivity contribution < 1.29 is 0 Å². The van der Waals surface area contributed by atoms with E-state index in [2.05, 4.69) is 36.8 Å². The van der Waals surface area contributed by atoms with E-state index in [1.54, 1.807) is 6.07 Å². The summed E-state index contributed by atoms with van der Waals surface area (Å²) in [5.41, 5.74) is 3.67. The molecule has 0 radical (unpaired) electrons. The van der Waals surface area contributed by atoms with Crippen molar-refractivity contribution in [1.29, 1.82) is 0 Å². The standard InChI is InChI=1S/C22H27N7O/c1-15-12-21(30)29(16-4-2-3-5-16)18-13-20(26-27-22(15)18)25-19-7-6-17(14-24-19)28-10-8-23-9-11-28/h6-7,12-14,16,23H,2-5,8-11H2,1H3,(H,24,25,26). The zero-order valence-electron chi connectivity index (χ0n) is 17.3. The third-order valence-electron chi connectivity index (χ3n) is 6.16. The van der Waals surface area contributed by atoms with E-state index in [9.17, 15) is 4.79 Å². The van der Waals surface area contributed by atoms with Crippen LogP contribution in [0.4, 0.5) is 17.3 Å². The van der Waals surface area contributed by atoms with Gasteiger partial charge in [0.1, 0.15) is 11.3 Å². The quantitative estimate of drug-likeness (QED) is 0.690. The minimum atomic E-state index is 0.0457. The monoisotopic (exact) mass is 405 g/mol. The molecule has 0 unspecified atom stereocenters. The van der Waals surface area contributed by atoms with Crippen LogP contribution >= 0.6 is 0 Å². The third-order valence-corrected chi connectivity index (χ3v) is 6.16. The van der Waals surface area contributed by atoms with Crippen molar-refractivity contribution in [3.63, 3.8) is 0 Å². The van der Waals surface area contributed by atoms with Crippen molar-refractivity contribution in [2.24, 2.45) is 0 Å². The molecule has 3 aromatic heterocycles. The van der Waals surface area contributed by atoms with E-state index in [1.165, 1.54) is 12.8 Å². The molecule has 8 nitrogen and oxygen atoms in total. The van der Waals surface area contributed by atoms with E-state index in [0.29, 0.717) is 11.6 Å². The number of fused-ring (bicyclic) bond motifs is 1. The highest BCUT2D eigenvalue weighted by Gasteiger charge is 2.21. The molecule has 3 aromatic rings. The number of rotatable bonds is 4. The average Bonchev–Trinajstić information content (AvgIpc) is 3.29. The van der Waals surface area contributed by atoms with Crippen molar-refractivity contribution in [1.82, 2.24) is 25.1 Å². The maximum Gasteiger partial charge on any atom is 0.251 e. The number of pyridine rings is 2. The zero-order chi connectivity index (χ0) is 20.5. The first-order chi connectivity index (χ1) is 14.7. The normalized spacial score (nSPS) is 17.6. The second kappa shape index (κ2) is 8.02. The molecule has 0 aromatic carbocycles. The molecular formula is C22H27N7O. The van der Waals surface area contributed by atoms with Crippen LogP contribution in [0.2, 0.25) is 0 Å². The molecule has 1 aliphatic carbocycles. The SMILES string of the molecule is Cc1cc(=O)n(C2CCCC2)c2cc(Nc3ccc(N4CCNCC4)cn3)nnc12. The summed E-state index contributed by atoms with van der Waals surface area (Å²) in [5, 5.41) is 15.4. The Morgan fingerprint density at radius 3 is 2.60 bits per heavy atom. The van der Waals surface area contributed by atoms with E-state index < -0.39 is 0 Å². The van der Waals surface area contributed by atoms with Crippen LogP contribution in [0.1, 0.15) is 37.3 Å². The van der Waals surface area contributed by atoms with Gasteiger partial charge in [0.2, 0.25) is 0 Å². The summed E-state index contributed by atoms with van der Waals surface area (Å²) in [5.74, 6) is 1.31. The molecule has 0 spiro atoms. The van der Waals surface area contributed by atoms with Gasteiger partial charge in [-0.1, -0.05) is 12.8 Å². The molecule has 30 heavy (non-hydrogen) atoms. The summed E-state index contributed by atoms with van der Waals surface area (Å²) in [6, 6.07) is 7.89. The van der Waals surface area contributed by atoms with Crippen LogP contribution in [0.25, 0.3) is 11.0 Å². The minimum absolute atomic E-state index is 0.0457. The molecule has 4 heterocycles. The number of aromatic nitrogens is 4. The summed E-state index contributed by atoms with van der Waals surface area (Å²) >= 11 is 0. The Hall–Kier alpha value is -3.00. The maximum atomic E-state index is 12.8. The molecule has 0 bridgehead atoms. The van der Waals surface area contributed by atoms with Gasteiger partial charge in [-0.3, -0.25) is 4.79 Å². The number of nitrogens with zero attached hydrogens (tertiary/aromatic N) is 5. The molecule has 8 heteroatoms. The van der Waals surface area contributed by atoms with Crippen molar-refractivity contribution in [2.75, 3.05) is 36.4 Å². The van der Waals surface area contributed by atoms with Gasteiger partial charge in [-0.2, -0.15) is 0 Å². The van der Waals surface area contributed by atoms with E-state index in [4.69, 9.17) is 0 Å². The molecule has 1 aliphatic heterocycles. The molecule has 1 saturated heterocycles. The van der Waals surface area contributed by atoms with Crippen molar-refractivity contribution >= 4 is 28.4 Å². The zero-order valence-corrected chi connectivity index (χ0v) is 17.3. The maximum absolute atomic E-state index is 12.8. The number of hydrogen-bond acceptors (Lipinski definition) is 7. The van der Waals surface area contributed by atoms with Crippen LogP contribution in [0.5, 0.6) is 0 Å². The largest absolute Gasteiger partial charge is 0.368 e. The van der Waals surface area contributed by atoms with Gasteiger partial charge in [0.05, 0.1) is 17.4 Å². The molecule has 0 amide bonds. The van der Waals surface area contributed by atoms with Crippen LogP contribution in [0.3, 0.4) is 0 Å². The number of anilines is 3. The second-order valence-corrected chi connectivity index (χ2v) is 8.20. The minimum Gasteiger partial charge on any atom is -0.368 e. The molecule has 156 valence electrons. The van der Waals surface area contributed by atoms with Gasteiger partial charge in [-0.15, -0.1) is 10.2 Å². The van der Waals surface area contributed by atoms with E-state index in [-0.39, 0.29) is 11.6 Å². The lowest BCUT2D eigenvalue weighted by Crippen LogP contribution is -2.43. The fourth-order valence-electron chi connectivity index (χ4n) is 4.59. The molecule has 0 atom stereocenters. The van der Waals surface area contributed by atoms with Crippen LogP contribution in [-0.2, 0) is 0 Å². The predicted octanol–water partition coefficient (Wildman–Crippen LogP) is 2.76. The first-order valence-electron chi connectivity index (χ1n) is 10.8. The first kappa shape index (κ1) is 19.0. The number of nitrogens with one attached hydrogen (secondary N) is 2. The summed E-state index contributed by atoms with van der Waals surface area (Å²) in [6.07, 6.45) is 6.30. The number of aryl methyl sites for hydroxylation is 1. The summed E-state index contributed by atoms with van der Waals surface area (Å²) in [6.45, 7) is 5.88. The summed E-state index contributed by atoms with van der Waals surface area (Å²) in [7, 11) is 0. The smallest absolute Gasteiger partial charge is 0.251 e. The summed E-state index contributed by atoms with van der Waals surface area (Å²) in [4.78, 5) is 19.7. The average molecular weight is 406 g/mol. The topological polar surface area (TPSA) is 88.0 Å². The fourth-order valence-corrected chi connectivity index (χ4v) is 4.59. The van der Waals surface area contributed by atoms with Crippen molar-refractivity contribution in [2.45, 2.75) is 38.6 Å². The van der Waals surface area contributed by atoms with Crippen LogP contribution in [0.15, 0.2) is 35.3 Å². The highest BCUT2D eigenvalue weighted by molar-refractivity contribution is 5.80.